The third kappa shape index (κ3) is 1.69. The number of carboxylic acids is 1. The highest BCUT2D eigenvalue weighted by Crippen LogP contribution is 2.32. The maximum atomic E-state index is 11.6. The summed E-state index contributed by atoms with van der Waals surface area (Å²) < 4.78 is 0. The fourth-order valence-corrected chi connectivity index (χ4v) is 2.43. The minimum Gasteiger partial charge on any atom is -0.481 e. The highest BCUT2D eigenvalue weighted by atomic mass is 16.4. The van der Waals surface area contributed by atoms with Crippen LogP contribution >= 0.6 is 0 Å². The Kier molecular flexibility index (Phi) is 2.67. The van der Waals surface area contributed by atoms with Crippen LogP contribution in [0.4, 0.5) is 0 Å². The van der Waals surface area contributed by atoms with Gasteiger partial charge in [0.2, 0.25) is 11.8 Å². The molecular formula is C10H14N2O4. The number of rotatable bonds is 3. The van der Waals surface area contributed by atoms with E-state index in [9.17, 15) is 14.4 Å². The zero-order valence-electron chi connectivity index (χ0n) is 9.05. The van der Waals surface area contributed by atoms with Gasteiger partial charge in [0, 0.05) is 26.7 Å². The summed E-state index contributed by atoms with van der Waals surface area (Å²) in [5.41, 5.74) is 0. The average Bonchev–Trinajstić information content (AvgIpc) is 2.73. The van der Waals surface area contributed by atoms with E-state index in [0.29, 0.717) is 19.6 Å². The summed E-state index contributed by atoms with van der Waals surface area (Å²) in [5.74, 6) is -1.63. The molecule has 0 bridgehead atoms. The summed E-state index contributed by atoms with van der Waals surface area (Å²) in [7, 11) is 1.50. The Balaban J connectivity index is 1.97. The monoisotopic (exact) mass is 226 g/mol. The number of hydrogen-bond donors (Lipinski definition) is 1. The normalized spacial score (nSPS) is 29.9. The zero-order chi connectivity index (χ0) is 11.9. The summed E-state index contributed by atoms with van der Waals surface area (Å²) in [6.45, 7) is 1.42. The number of nitrogens with zero attached hydrogens (tertiary/aromatic N) is 2. The number of aliphatic carboxylic acids is 1. The molecule has 2 amide bonds. The first kappa shape index (κ1) is 11.1. The molecule has 2 unspecified atom stereocenters. The first-order valence-corrected chi connectivity index (χ1v) is 5.26. The van der Waals surface area contributed by atoms with Crippen molar-refractivity contribution in [2.45, 2.75) is 6.42 Å². The van der Waals surface area contributed by atoms with E-state index in [4.69, 9.17) is 5.11 Å². The molecule has 0 spiro atoms. The molecular weight excluding hydrogens is 212 g/mol. The summed E-state index contributed by atoms with van der Waals surface area (Å²) in [6, 6.07) is 0. The van der Waals surface area contributed by atoms with Gasteiger partial charge in [0.1, 0.15) is 0 Å². The molecule has 0 aromatic carbocycles. The van der Waals surface area contributed by atoms with Crippen LogP contribution in [-0.4, -0.2) is 59.4 Å². The van der Waals surface area contributed by atoms with Gasteiger partial charge < -0.3 is 10.0 Å². The maximum absolute atomic E-state index is 11.6. The summed E-state index contributed by atoms with van der Waals surface area (Å²) in [6.07, 6.45) is 0.0532. The van der Waals surface area contributed by atoms with Crippen molar-refractivity contribution in [3.8, 4) is 0 Å². The van der Waals surface area contributed by atoms with Gasteiger partial charge in [0.15, 0.2) is 0 Å². The van der Waals surface area contributed by atoms with E-state index in [1.807, 2.05) is 4.90 Å². The summed E-state index contributed by atoms with van der Waals surface area (Å²) in [5, 5.41) is 8.55. The van der Waals surface area contributed by atoms with Crippen molar-refractivity contribution in [3.05, 3.63) is 0 Å². The van der Waals surface area contributed by atoms with E-state index in [2.05, 4.69) is 0 Å². The van der Waals surface area contributed by atoms with E-state index >= 15 is 0 Å². The Bertz CT molecular complexity index is 331. The molecule has 0 aromatic rings. The van der Waals surface area contributed by atoms with Gasteiger partial charge in [0.05, 0.1) is 18.3 Å². The van der Waals surface area contributed by atoms with Crippen molar-refractivity contribution in [2.24, 2.45) is 11.8 Å². The van der Waals surface area contributed by atoms with Gasteiger partial charge in [-0.2, -0.15) is 0 Å². The third-order valence-corrected chi connectivity index (χ3v) is 3.33. The maximum Gasteiger partial charge on any atom is 0.304 e. The van der Waals surface area contributed by atoms with Crippen LogP contribution in [0.1, 0.15) is 6.42 Å². The molecule has 88 valence electrons. The first-order valence-electron chi connectivity index (χ1n) is 5.26. The molecule has 0 radical (unpaired) electrons. The number of carbonyl (C=O) groups excluding carboxylic acids is 2. The third-order valence-electron chi connectivity index (χ3n) is 3.33. The molecule has 2 rings (SSSR count). The number of fused-ring (bicyclic) bond motifs is 1. The van der Waals surface area contributed by atoms with Crippen LogP contribution in [-0.2, 0) is 14.4 Å². The van der Waals surface area contributed by atoms with E-state index in [1.165, 1.54) is 11.9 Å². The molecule has 0 aliphatic carbocycles. The van der Waals surface area contributed by atoms with Crippen LogP contribution in [0, 0.1) is 11.8 Å². The summed E-state index contributed by atoms with van der Waals surface area (Å²) in [4.78, 5) is 36.8. The van der Waals surface area contributed by atoms with Crippen LogP contribution in [0.5, 0.6) is 0 Å². The molecule has 0 aromatic heterocycles. The molecule has 6 heteroatoms. The number of likely N-dealkylation sites (tertiary alicyclic amines) is 2. The molecule has 2 heterocycles. The Hall–Kier alpha value is -1.43. The largest absolute Gasteiger partial charge is 0.481 e. The van der Waals surface area contributed by atoms with Gasteiger partial charge in [0.25, 0.3) is 0 Å². The second-order valence-electron chi connectivity index (χ2n) is 4.35. The lowest BCUT2D eigenvalue weighted by molar-refractivity contribution is -0.138. The second-order valence-corrected chi connectivity index (χ2v) is 4.35. The van der Waals surface area contributed by atoms with E-state index < -0.39 is 5.97 Å². The SMILES string of the molecule is CN1C(=O)C2CN(CCC(=O)O)CC2C1=O. The van der Waals surface area contributed by atoms with Crippen LogP contribution in [0.25, 0.3) is 0 Å². The number of imide groups is 1. The predicted octanol–water partition coefficient (Wildman–Crippen LogP) is -0.992. The molecule has 2 fully saturated rings. The van der Waals surface area contributed by atoms with Crippen LogP contribution in [0.15, 0.2) is 0 Å². The average molecular weight is 226 g/mol. The predicted molar refractivity (Wildman–Crippen MR) is 53.4 cm³/mol. The van der Waals surface area contributed by atoms with E-state index in [-0.39, 0.29) is 30.1 Å². The lowest BCUT2D eigenvalue weighted by Gasteiger charge is -2.16. The lowest BCUT2D eigenvalue weighted by Crippen LogP contribution is -2.33. The number of carbonyl (C=O) groups is 3. The van der Waals surface area contributed by atoms with Crippen LogP contribution < -0.4 is 0 Å². The fourth-order valence-electron chi connectivity index (χ4n) is 2.43. The topological polar surface area (TPSA) is 77.9 Å². The van der Waals surface area contributed by atoms with E-state index in [0.717, 1.165) is 0 Å². The molecule has 6 nitrogen and oxygen atoms in total. The number of carboxylic acid groups (broad SMARTS) is 1. The smallest absolute Gasteiger partial charge is 0.304 e. The minimum absolute atomic E-state index is 0.0532. The van der Waals surface area contributed by atoms with Gasteiger partial charge in [-0.1, -0.05) is 0 Å². The lowest BCUT2D eigenvalue weighted by atomic mass is 10.00. The summed E-state index contributed by atoms with van der Waals surface area (Å²) >= 11 is 0. The Morgan fingerprint density at radius 3 is 2.25 bits per heavy atom. The molecule has 2 atom stereocenters. The molecule has 2 saturated heterocycles. The Morgan fingerprint density at radius 2 is 1.81 bits per heavy atom. The van der Waals surface area contributed by atoms with E-state index in [1.54, 1.807) is 0 Å². The van der Waals surface area contributed by atoms with Crippen molar-refractivity contribution in [1.29, 1.82) is 0 Å². The zero-order valence-corrected chi connectivity index (χ0v) is 9.05. The van der Waals surface area contributed by atoms with Crippen molar-refractivity contribution in [3.63, 3.8) is 0 Å². The molecule has 0 saturated carbocycles. The first-order chi connectivity index (χ1) is 7.50. The molecule has 2 aliphatic rings. The Labute approximate surface area is 92.8 Å². The fraction of sp³-hybridized carbons (Fsp3) is 0.700. The highest BCUT2D eigenvalue weighted by Gasteiger charge is 2.50. The van der Waals surface area contributed by atoms with Gasteiger partial charge in [-0.15, -0.1) is 0 Å². The quantitative estimate of drug-likeness (QED) is 0.625. The van der Waals surface area contributed by atoms with Crippen molar-refractivity contribution >= 4 is 17.8 Å². The Morgan fingerprint density at radius 1 is 1.31 bits per heavy atom. The molecule has 16 heavy (non-hydrogen) atoms. The highest BCUT2D eigenvalue weighted by molar-refractivity contribution is 6.05. The second kappa shape index (κ2) is 3.86. The minimum atomic E-state index is -0.855. The van der Waals surface area contributed by atoms with Gasteiger partial charge >= 0.3 is 5.97 Å². The molecule has 1 N–H and O–H groups in total. The number of amides is 2. The standard InChI is InChI=1S/C10H14N2O4/c1-11-9(15)6-4-12(3-2-8(13)14)5-7(6)10(11)16/h6-7H,2-5H2,1H3,(H,13,14). The molecule has 2 aliphatic heterocycles. The van der Waals surface area contributed by atoms with Crippen molar-refractivity contribution in [2.75, 3.05) is 26.7 Å². The van der Waals surface area contributed by atoms with Gasteiger partial charge in [-0.25, -0.2) is 0 Å². The van der Waals surface area contributed by atoms with Crippen LogP contribution in [0.3, 0.4) is 0 Å². The van der Waals surface area contributed by atoms with Crippen molar-refractivity contribution < 1.29 is 19.5 Å². The van der Waals surface area contributed by atoms with Crippen molar-refractivity contribution in [1.82, 2.24) is 9.80 Å². The number of hydrogen-bond acceptors (Lipinski definition) is 4. The van der Waals surface area contributed by atoms with Gasteiger partial charge in [-0.3, -0.25) is 19.3 Å². The van der Waals surface area contributed by atoms with Gasteiger partial charge in [-0.05, 0) is 0 Å². The van der Waals surface area contributed by atoms with Crippen LogP contribution in [0.2, 0.25) is 0 Å².